The number of methoxy groups -OCH3 is 1. The highest BCUT2D eigenvalue weighted by Gasteiger charge is 2.17. The fourth-order valence-corrected chi connectivity index (χ4v) is 2.06. The van der Waals surface area contributed by atoms with Crippen LogP contribution in [0.1, 0.15) is 18.4 Å². The molecule has 0 radical (unpaired) electrons. The Morgan fingerprint density at radius 3 is 3.06 bits per heavy atom. The number of piperidine rings is 1. The molecule has 88 valence electrons. The van der Waals surface area contributed by atoms with Crippen LogP contribution in [-0.2, 0) is 6.54 Å². The predicted octanol–water partition coefficient (Wildman–Crippen LogP) is 1.05. The van der Waals surface area contributed by atoms with E-state index in [1.54, 1.807) is 7.11 Å². The van der Waals surface area contributed by atoms with Crippen molar-refractivity contribution in [1.82, 2.24) is 9.88 Å². The zero-order valence-corrected chi connectivity index (χ0v) is 9.59. The van der Waals surface area contributed by atoms with Crippen LogP contribution in [-0.4, -0.2) is 41.3 Å². The molecule has 1 fully saturated rings. The minimum atomic E-state index is -0.167. The molecule has 0 bridgehead atoms. The summed E-state index contributed by atoms with van der Waals surface area (Å²) in [4.78, 5) is 6.43. The molecule has 1 N–H and O–H groups in total. The molecule has 0 amide bonds. The SMILES string of the molecule is COc1ccc(CN2CCCC(O)C2)cn1. The van der Waals surface area contributed by atoms with Crippen LogP contribution < -0.4 is 4.74 Å². The number of aliphatic hydroxyl groups excluding tert-OH is 1. The van der Waals surface area contributed by atoms with E-state index in [1.807, 2.05) is 18.3 Å². The van der Waals surface area contributed by atoms with Crippen LogP contribution >= 0.6 is 0 Å². The first-order chi connectivity index (χ1) is 7.78. The lowest BCUT2D eigenvalue weighted by Crippen LogP contribution is -2.37. The number of aliphatic hydroxyl groups is 1. The summed E-state index contributed by atoms with van der Waals surface area (Å²) in [7, 11) is 1.61. The summed E-state index contributed by atoms with van der Waals surface area (Å²) >= 11 is 0. The molecule has 1 aliphatic rings. The molecule has 1 atom stereocenters. The molecule has 16 heavy (non-hydrogen) atoms. The highest BCUT2D eigenvalue weighted by molar-refractivity contribution is 5.17. The Morgan fingerprint density at radius 1 is 1.56 bits per heavy atom. The van der Waals surface area contributed by atoms with Crippen LogP contribution in [0.4, 0.5) is 0 Å². The van der Waals surface area contributed by atoms with Crippen molar-refractivity contribution in [1.29, 1.82) is 0 Å². The maximum absolute atomic E-state index is 9.56. The van der Waals surface area contributed by atoms with E-state index < -0.39 is 0 Å². The first-order valence-electron chi connectivity index (χ1n) is 5.67. The van der Waals surface area contributed by atoms with Crippen LogP contribution in [0.2, 0.25) is 0 Å². The average molecular weight is 222 g/mol. The number of ether oxygens (including phenoxy) is 1. The molecule has 0 aromatic carbocycles. The third-order valence-corrected chi connectivity index (χ3v) is 2.89. The molecule has 1 saturated heterocycles. The van der Waals surface area contributed by atoms with Crippen molar-refractivity contribution < 1.29 is 9.84 Å². The maximum atomic E-state index is 9.56. The second kappa shape index (κ2) is 5.27. The van der Waals surface area contributed by atoms with Gasteiger partial charge in [0, 0.05) is 25.4 Å². The van der Waals surface area contributed by atoms with Crippen molar-refractivity contribution >= 4 is 0 Å². The summed E-state index contributed by atoms with van der Waals surface area (Å²) in [5.74, 6) is 0.641. The average Bonchev–Trinajstić information content (AvgIpc) is 2.30. The Labute approximate surface area is 95.9 Å². The molecule has 1 aliphatic heterocycles. The van der Waals surface area contributed by atoms with Crippen molar-refractivity contribution in [2.24, 2.45) is 0 Å². The summed E-state index contributed by atoms with van der Waals surface area (Å²) in [6.07, 6.45) is 3.67. The first kappa shape index (κ1) is 11.4. The van der Waals surface area contributed by atoms with Gasteiger partial charge in [-0.3, -0.25) is 4.90 Å². The minimum Gasteiger partial charge on any atom is -0.481 e. The van der Waals surface area contributed by atoms with Gasteiger partial charge in [0.25, 0.3) is 0 Å². The monoisotopic (exact) mass is 222 g/mol. The number of β-amino-alcohol motifs (C(OH)–C–C–N with tert-alkyl or cyclic N) is 1. The molecule has 1 unspecified atom stereocenters. The standard InChI is InChI=1S/C12H18N2O2/c1-16-12-5-4-10(7-13-12)8-14-6-2-3-11(15)9-14/h4-5,7,11,15H,2-3,6,8-9H2,1H3. The second-order valence-corrected chi connectivity index (χ2v) is 4.24. The van der Waals surface area contributed by atoms with Crippen molar-refractivity contribution in [2.75, 3.05) is 20.2 Å². The zero-order chi connectivity index (χ0) is 11.4. The van der Waals surface area contributed by atoms with Crippen molar-refractivity contribution in [3.63, 3.8) is 0 Å². The molecule has 1 aromatic heterocycles. The largest absolute Gasteiger partial charge is 0.481 e. The normalized spacial score (nSPS) is 22.0. The van der Waals surface area contributed by atoms with Gasteiger partial charge < -0.3 is 9.84 Å². The lowest BCUT2D eigenvalue weighted by molar-refractivity contribution is 0.0668. The Balaban J connectivity index is 1.92. The molecule has 4 nitrogen and oxygen atoms in total. The molecular weight excluding hydrogens is 204 g/mol. The number of likely N-dealkylation sites (tertiary alicyclic amines) is 1. The zero-order valence-electron chi connectivity index (χ0n) is 9.59. The number of pyridine rings is 1. The molecular formula is C12H18N2O2. The molecule has 4 heteroatoms. The van der Waals surface area contributed by atoms with E-state index in [2.05, 4.69) is 9.88 Å². The van der Waals surface area contributed by atoms with Crippen LogP contribution in [0, 0.1) is 0 Å². The van der Waals surface area contributed by atoms with Gasteiger partial charge in [0.2, 0.25) is 5.88 Å². The van der Waals surface area contributed by atoms with Gasteiger partial charge in [-0.2, -0.15) is 0 Å². The highest BCUT2D eigenvalue weighted by atomic mass is 16.5. The van der Waals surface area contributed by atoms with E-state index >= 15 is 0 Å². The Morgan fingerprint density at radius 2 is 2.44 bits per heavy atom. The van der Waals surface area contributed by atoms with Crippen molar-refractivity contribution in [2.45, 2.75) is 25.5 Å². The van der Waals surface area contributed by atoms with E-state index in [0.29, 0.717) is 5.88 Å². The fraction of sp³-hybridized carbons (Fsp3) is 0.583. The van der Waals surface area contributed by atoms with Gasteiger partial charge in [0.15, 0.2) is 0 Å². The molecule has 0 spiro atoms. The summed E-state index contributed by atoms with van der Waals surface area (Å²) in [5.41, 5.74) is 1.16. The summed E-state index contributed by atoms with van der Waals surface area (Å²) < 4.78 is 5.01. The van der Waals surface area contributed by atoms with E-state index in [4.69, 9.17) is 4.74 Å². The maximum Gasteiger partial charge on any atom is 0.212 e. The lowest BCUT2D eigenvalue weighted by Gasteiger charge is -2.29. The topological polar surface area (TPSA) is 45.6 Å². The summed E-state index contributed by atoms with van der Waals surface area (Å²) in [5, 5.41) is 9.56. The van der Waals surface area contributed by atoms with Gasteiger partial charge in [-0.15, -0.1) is 0 Å². The number of hydrogen-bond acceptors (Lipinski definition) is 4. The first-order valence-corrected chi connectivity index (χ1v) is 5.67. The molecule has 0 saturated carbocycles. The number of rotatable bonds is 3. The van der Waals surface area contributed by atoms with Gasteiger partial charge in [0.1, 0.15) is 0 Å². The second-order valence-electron chi connectivity index (χ2n) is 4.24. The van der Waals surface area contributed by atoms with Crippen LogP contribution in [0.3, 0.4) is 0 Å². The van der Waals surface area contributed by atoms with E-state index in [0.717, 1.165) is 38.0 Å². The quantitative estimate of drug-likeness (QED) is 0.830. The number of nitrogens with zero attached hydrogens (tertiary/aromatic N) is 2. The Kier molecular flexibility index (Phi) is 3.74. The van der Waals surface area contributed by atoms with Crippen LogP contribution in [0.15, 0.2) is 18.3 Å². The molecule has 0 aliphatic carbocycles. The summed E-state index contributed by atoms with van der Waals surface area (Å²) in [6, 6.07) is 3.89. The number of hydrogen-bond donors (Lipinski definition) is 1. The Bertz CT molecular complexity index is 326. The van der Waals surface area contributed by atoms with Gasteiger partial charge in [-0.1, -0.05) is 6.07 Å². The van der Waals surface area contributed by atoms with Crippen LogP contribution in [0.5, 0.6) is 5.88 Å². The summed E-state index contributed by atoms with van der Waals surface area (Å²) in [6.45, 7) is 2.68. The lowest BCUT2D eigenvalue weighted by atomic mass is 10.1. The molecule has 2 rings (SSSR count). The van der Waals surface area contributed by atoms with Crippen molar-refractivity contribution in [3.8, 4) is 5.88 Å². The molecule has 1 aromatic rings. The highest BCUT2D eigenvalue weighted by Crippen LogP contribution is 2.14. The fourth-order valence-electron chi connectivity index (χ4n) is 2.06. The van der Waals surface area contributed by atoms with Gasteiger partial charge in [-0.05, 0) is 24.9 Å². The minimum absolute atomic E-state index is 0.167. The van der Waals surface area contributed by atoms with Gasteiger partial charge >= 0.3 is 0 Å². The smallest absolute Gasteiger partial charge is 0.212 e. The van der Waals surface area contributed by atoms with E-state index in [-0.39, 0.29) is 6.10 Å². The van der Waals surface area contributed by atoms with Gasteiger partial charge in [-0.25, -0.2) is 4.98 Å². The van der Waals surface area contributed by atoms with E-state index in [1.165, 1.54) is 0 Å². The molecule has 2 heterocycles. The van der Waals surface area contributed by atoms with Crippen LogP contribution in [0.25, 0.3) is 0 Å². The van der Waals surface area contributed by atoms with E-state index in [9.17, 15) is 5.11 Å². The third kappa shape index (κ3) is 2.93. The third-order valence-electron chi connectivity index (χ3n) is 2.89. The van der Waals surface area contributed by atoms with Gasteiger partial charge in [0.05, 0.1) is 13.2 Å². The predicted molar refractivity (Wildman–Crippen MR) is 61.3 cm³/mol. The van der Waals surface area contributed by atoms with Crippen molar-refractivity contribution in [3.05, 3.63) is 23.9 Å². The number of aromatic nitrogens is 1. The Hall–Kier alpha value is -1.13.